The van der Waals surface area contributed by atoms with Gasteiger partial charge in [-0.3, -0.25) is 4.68 Å². The molecule has 2 rings (SSSR count). The van der Waals surface area contributed by atoms with Gasteiger partial charge in [0.05, 0.1) is 22.2 Å². The van der Waals surface area contributed by atoms with E-state index in [1.54, 1.807) is 30.1 Å². The molecule has 0 aliphatic rings. The van der Waals surface area contributed by atoms with E-state index in [0.717, 1.165) is 0 Å². The number of nitrogen functional groups attached to an aromatic ring is 1. The predicted molar refractivity (Wildman–Crippen MR) is 78.0 cm³/mol. The van der Waals surface area contributed by atoms with Crippen LogP contribution in [0.15, 0.2) is 35.5 Å². The van der Waals surface area contributed by atoms with Crippen molar-refractivity contribution in [1.82, 2.24) is 14.5 Å². The van der Waals surface area contributed by atoms with Crippen LogP contribution in [-0.4, -0.2) is 24.7 Å². The summed E-state index contributed by atoms with van der Waals surface area (Å²) >= 11 is 5.92. The first-order valence-corrected chi connectivity index (χ1v) is 7.79. The number of benzene rings is 1. The summed E-state index contributed by atoms with van der Waals surface area (Å²) in [5.74, 6) is 0. The quantitative estimate of drug-likeness (QED) is 0.816. The Morgan fingerprint density at radius 1 is 1.45 bits per heavy atom. The van der Waals surface area contributed by atoms with Gasteiger partial charge < -0.3 is 5.73 Å². The third-order valence-electron chi connectivity index (χ3n) is 2.76. The number of anilines is 1. The number of nitrogens with zero attached hydrogens (tertiary/aromatic N) is 2. The summed E-state index contributed by atoms with van der Waals surface area (Å²) in [7, 11) is -3.61. The summed E-state index contributed by atoms with van der Waals surface area (Å²) in [6, 6.07) is 4.62. The fourth-order valence-corrected chi connectivity index (χ4v) is 2.98. The van der Waals surface area contributed by atoms with Crippen LogP contribution in [0.2, 0.25) is 5.02 Å². The molecular weight excluding hydrogens is 300 g/mol. The van der Waals surface area contributed by atoms with E-state index in [2.05, 4.69) is 9.82 Å². The van der Waals surface area contributed by atoms with Crippen molar-refractivity contribution in [2.24, 2.45) is 0 Å². The Bertz CT molecular complexity index is 675. The largest absolute Gasteiger partial charge is 0.397 e. The average Bonchev–Trinajstić information content (AvgIpc) is 2.88. The zero-order valence-electron chi connectivity index (χ0n) is 10.9. The molecule has 108 valence electrons. The Labute approximate surface area is 122 Å². The number of aromatic nitrogens is 2. The number of hydrogen-bond donors (Lipinski definition) is 2. The van der Waals surface area contributed by atoms with Crippen molar-refractivity contribution in [3.8, 4) is 0 Å². The lowest BCUT2D eigenvalue weighted by Crippen LogP contribution is -2.27. The van der Waals surface area contributed by atoms with Crippen LogP contribution in [0.1, 0.15) is 5.56 Å². The number of sulfonamides is 1. The number of hydrogen-bond acceptors (Lipinski definition) is 4. The molecule has 0 aliphatic heterocycles. The molecule has 0 radical (unpaired) electrons. The van der Waals surface area contributed by atoms with Gasteiger partial charge in [-0.05, 0) is 30.7 Å². The summed E-state index contributed by atoms with van der Waals surface area (Å²) in [6.07, 6.45) is 3.40. The molecule has 1 heterocycles. The SMILES string of the molecule is Cc1cc(S(=O)(=O)NCCn2cccn2)cc(N)c1Cl. The lowest BCUT2D eigenvalue weighted by atomic mass is 10.2. The number of aryl methyl sites for hydroxylation is 1. The maximum Gasteiger partial charge on any atom is 0.240 e. The van der Waals surface area contributed by atoms with Gasteiger partial charge in [0.2, 0.25) is 10.0 Å². The normalized spacial score (nSPS) is 11.7. The van der Waals surface area contributed by atoms with Crippen molar-refractivity contribution in [3.05, 3.63) is 41.2 Å². The highest BCUT2D eigenvalue weighted by Crippen LogP contribution is 2.26. The molecule has 0 amide bonds. The van der Waals surface area contributed by atoms with E-state index >= 15 is 0 Å². The van der Waals surface area contributed by atoms with E-state index in [9.17, 15) is 8.42 Å². The Hall–Kier alpha value is -1.57. The van der Waals surface area contributed by atoms with Crippen molar-refractivity contribution in [2.75, 3.05) is 12.3 Å². The minimum Gasteiger partial charge on any atom is -0.397 e. The van der Waals surface area contributed by atoms with E-state index < -0.39 is 10.0 Å². The molecule has 8 heteroatoms. The molecule has 0 atom stereocenters. The van der Waals surface area contributed by atoms with Gasteiger partial charge >= 0.3 is 0 Å². The lowest BCUT2D eigenvalue weighted by Gasteiger charge is -2.10. The first-order valence-electron chi connectivity index (χ1n) is 5.93. The third-order valence-corrected chi connectivity index (χ3v) is 4.72. The number of nitrogens with one attached hydrogen (secondary N) is 1. The van der Waals surface area contributed by atoms with Crippen LogP contribution < -0.4 is 10.5 Å². The molecule has 1 aromatic heterocycles. The molecule has 0 spiro atoms. The van der Waals surface area contributed by atoms with Gasteiger partial charge in [0.1, 0.15) is 0 Å². The maximum absolute atomic E-state index is 12.1. The third kappa shape index (κ3) is 3.30. The predicted octanol–water partition coefficient (Wildman–Crippen LogP) is 1.41. The Morgan fingerprint density at radius 3 is 2.80 bits per heavy atom. The molecule has 0 fully saturated rings. The second kappa shape index (κ2) is 5.82. The Balaban J connectivity index is 2.10. The molecule has 0 aliphatic carbocycles. The van der Waals surface area contributed by atoms with E-state index in [-0.39, 0.29) is 17.1 Å². The van der Waals surface area contributed by atoms with Gasteiger partial charge in [-0.2, -0.15) is 5.10 Å². The van der Waals surface area contributed by atoms with Crippen molar-refractivity contribution in [1.29, 1.82) is 0 Å². The van der Waals surface area contributed by atoms with Crippen LogP contribution in [0.5, 0.6) is 0 Å². The van der Waals surface area contributed by atoms with Gasteiger partial charge in [0.15, 0.2) is 0 Å². The fraction of sp³-hybridized carbons (Fsp3) is 0.250. The highest BCUT2D eigenvalue weighted by molar-refractivity contribution is 7.89. The molecular formula is C12H15ClN4O2S. The molecule has 0 unspecified atom stereocenters. The van der Waals surface area contributed by atoms with Crippen LogP contribution in [-0.2, 0) is 16.6 Å². The van der Waals surface area contributed by atoms with E-state index in [1.807, 2.05) is 0 Å². The van der Waals surface area contributed by atoms with Crippen LogP contribution in [0, 0.1) is 6.92 Å². The lowest BCUT2D eigenvalue weighted by molar-refractivity contribution is 0.561. The second-order valence-corrected chi connectivity index (χ2v) is 6.46. The minimum absolute atomic E-state index is 0.109. The van der Waals surface area contributed by atoms with E-state index in [4.69, 9.17) is 17.3 Å². The van der Waals surface area contributed by atoms with Crippen LogP contribution in [0.25, 0.3) is 0 Å². The molecule has 0 saturated carbocycles. The number of nitrogens with two attached hydrogens (primary N) is 1. The van der Waals surface area contributed by atoms with Gasteiger partial charge in [0, 0.05) is 18.9 Å². The zero-order chi connectivity index (χ0) is 14.8. The highest BCUT2D eigenvalue weighted by atomic mass is 35.5. The molecule has 3 N–H and O–H groups in total. The summed E-state index contributed by atoms with van der Waals surface area (Å²) in [5, 5.41) is 4.37. The molecule has 6 nitrogen and oxygen atoms in total. The fourth-order valence-electron chi connectivity index (χ4n) is 1.73. The van der Waals surface area contributed by atoms with Crippen molar-refractivity contribution in [2.45, 2.75) is 18.4 Å². The summed E-state index contributed by atoms with van der Waals surface area (Å²) < 4.78 is 28.4. The molecule has 2 aromatic rings. The van der Waals surface area contributed by atoms with Crippen molar-refractivity contribution >= 4 is 27.3 Å². The van der Waals surface area contributed by atoms with Gasteiger partial charge in [-0.25, -0.2) is 13.1 Å². The molecule has 20 heavy (non-hydrogen) atoms. The van der Waals surface area contributed by atoms with Gasteiger partial charge in [-0.15, -0.1) is 0 Å². The molecule has 1 aromatic carbocycles. The highest BCUT2D eigenvalue weighted by Gasteiger charge is 2.16. The zero-order valence-corrected chi connectivity index (χ0v) is 12.4. The summed E-state index contributed by atoms with van der Waals surface area (Å²) in [6.45, 7) is 2.40. The first-order chi connectivity index (χ1) is 9.40. The average molecular weight is 315 g/mol. The van der Waals surface area contributed by atoms with Crippen LogP contribution >= 0.6 is 11.6 Å². The first kappa shape index (κ1) is 14.8. The Kier molecular flexibility index (Phi) is 4.32. The van der Waals surface area contributed by atoms with E-state index in [0.29, 0.717) is 17.1 Å². The standard InChI is InChI=1S/C12H15ClN4O2S/c1-9-7-10(8-11(14)12(9)13)20(18,19)16-4-6-17-5-2-3-15-17/h2-3,5,7-8,16H,4,6,14H2,1H3. The van der Waals surface area contributed by atoms with Gasteiger partial charge in [-0.1, -0.05) is 11.6 Å². The van der Waals surface area contributed by atoms with Crippen LogP contribution in [0.4, 0.5) is 5.69 Å². The number of rotatable bonds is 5. The van der Waals surface area contributed by atoms with Crippen molar-refractivity contribution < 1.29 is 8.42 Å². The minimum atomic E-state index is -3.61. The van der Waals surface area contributed by atoms with E-state index in [1.165, 1.54) is 12.1 Å². The number of halogens is 1. The monoisotopic (exact) mass is 314 g/mol. The summed E-state index contributed by atoms with van der Waals surface area (Å²) in [4.78, 5) is 0.109. The van der Waals surface area contributed by atoms with Crippen LogP contribution in [0.3, 0.4) is 0 Å². The maximum atomic E-state index is 12.1. The topological polar surface area (TPSA) is 90.0 Å². The second-order valence-electron chi connectivity index (χ2n) is 4.31. The van der Waals surface area contributed by atoms with Gasteiger partial charge in [0.25, 0.3) is 0 Å². The summed E-state index contributed by atoms with van der Waals surface area (Å²) in [5.41, 5.74) is 6.56. The molecule has 0 saturated heterocycles. The smallest absolute Gasteiger partial charge is 0.240 e. The Morgan fingerprint density at radius 2 is 2.20 bits per heavy atom. The molecule has 0 bridgehead atoms. The van der Waals surface area contributed by atoms with Crippen molar-refractivity contribution in [3.63, 3.8) is 0 Å².